The summed E-state index contributed by atoms with van der Waals surface area (Å²) in [6.07, 6.45) is 5.58. The number of hydrogen-bond acceptors (Lipinski definition) is 5. The zero-order chi connectivity index (χ0) is 16.9. The van der Waals surface area contributed by atoms with Gasteiger partial charge in [0.1, 0.15) is 11.5 Å². The summed E-state index contributed by atoms with van der Waals surface area (Å²) in [5.41, 5.74) is 5.77. The summed E-state index contributed by atoms with van der Waals surface area (Å²) in [7, 11) is 3.16. The molecule has 2 N–H and O–H groups in total. The molecule has 0 saturated carbocycles. The second kappa shape index (κ2) is 7.16. The number of fused-ring (bicyclic) bond motifs is 1. The van der Waals surface area contributed by atoms with Crippen molar-refractivity contribution in [1.82, 2.24) is 15.6 Å². The largest absolute Gasteiger partial charge is 0.497 e. The van der Waals surface area contributed by atoms with Gasteiger partial charge >= 0.3 is 0 Å². The number of H-pyrrole nitrogens is 1. The van der Waals surface area contributed by atoms with Crippen molar-refractivity contribution in [1.29, 1.82) is 0 Å². The highest BCUT2D eigenvalue weighted by atomic mass is 16.5. The first kappa shape index (κ1) is 16.0. The number of hydrogen-bond donors (Lipinski definition) is 2. The van der Waals surface area contributed by atoms with Crippen LogP contribution in [-0.4, -0.2) is 36.5 Å². The molecule has 0 atom stereocenters. The SMILES string of the molecule is COc1ccc(C=NNC(=O)c2n[nH]c3c2CCCC3)c(OC)c1. The van der Waals surface area contributed by atoms with E-state index in [0.29, 0.717) is 17.2 Å². The summed E-state index contributed by atoms with van der Waals surface area (Å²) in [5, 5.41) is 11.1. The van der Waals surface area contributed by atoms with Gasteiger partial charge in [-0.05, 0) is 37.8 Å². The molecule has 1 heterocycles. The number of ether oxygens (including phenoxy) is 2. The molecule has 126 valence electrons. The lowest BCUT2D eigenvalue weighted by molar-refractivity contribution is 0.0949. The molecule has 0 bridgehead atoms. The molecule has 1 aromatic carbocycles. The standard InChI is InChI=1S/C17H20N4O3/c1-23-12-8-7-11(15(9-12)24-2)10-18-21-17(22)16-13-5-3-4-6-14(13)19-20-16/h7-10H,3-6H2,1-2H3,(H,19,20)(H,21,22). The maximum atomic E-state index is 12.3. The van der Waals surface area contributed by atoms with Crippen molar-refractivity contribution in [3.63, 3.8) is 0 Å². The van der Waals surface area contributed by atoms with Crippen molar-refractivity contribution in [2.75, 3.05) is 14.2 Å². The smallest absolute Gasteiger partial charge is 0.292 e. The highest BCUT2D eigenvalue weighted by Gasteiger charge is 2.21. The second-order valence-electron chi connectivity index (χ2n) is 5.54. The lowest BCUT2D eigenvalue weighted by Gasteiger charge is -2.10. The maximum absolute atomic E-state index is 12.3. The minimum absolute atomic E-state index is 0.307. The number of carbonyl (C=O) groups is 1. The van der Waals surface area contributed by atoms with E-state index in [2.05, 4.69) is 20.7 Å². The molecule has 0 saturated heterocycles. The lowest BCUT2D eigenvalue weighted by Crippen LogP contribution is -2.20. The number of benzene rings is 1. The predicted octanol–water partition coefficient (Wildman–Crippen LogP) is 2.07. The molecule has 3 rings (SSSR count). The minimum atomic E-state index is -0.307. The molecule has 7 heteroatoms. The molecule has 0 spiro atoms. The Morgan fingerprint density at radius 3 is 2.92 bits per heavy atom. The number of carbonyl (C=O) groups excluding carboxylic acids is 1. The summed E-state index contributed by atoms with van der Waals surface area (Å²) in [6, 6.07) is 5.37. The van der Waals surface area contributed by atoms with Crippen LogP contribution in [0, 0.1) is 0 Å². The van der Waals surface area contributed by atoms with Crippen molar-refractivity contribution in [3.05, 3.63) is 40.7 Å². The first-order chi connectivity index (χ1) is 11.7. The van der Waals surface area contributed by atoms with Gasteiger partial charge < -0.3 is 9.47 Å². The van der Waals surface area contributed by atoms with E-state index in [1.165, 1.54) is 6.21 Å². The van der Waals surface area contributed by atoms with Gasteiger partial charge in [-0.15, -0.1) is 0 Å². The lowest BCUT2D eigenvalue weighted by atomic mass is 9.96. The Labute approximate surface area is 140 Å². The van der Waals surface area contributed by atoms with Gasteiger partial charge in [0.15, 0.2) is 5.69 Å². The molecule has 7 nitrogen and oxygen atoms in total. The van der Waals surface area contributed by atoms with Crippen molar-refractivity contribution < 1.29 is 14.3 Å². The molecular weight excluding hydrogens is 308 g/mol. The summed E-state index contributed by atoms with van der Waals surface area (Å²) in [4.78, 5) is 12.3. The van der Waals surface area contributed by atoms with Crippen LogP contribution in [0.15, 0.2) is 23.3 Å². The van der Waals surface area contributed by atoms with E-state index in [1.54, 1.807) is 26.4 Å². The van der Waals surface area contributed by atoms with Gasteiger partial charge in [0.25, 0.3) is 5.91 Å². The van der Waals surface area contributed by atoms with Crippen LogP contribution < -0.4 is 14.9 Å². The Morgan fingerprint density at radius 2 is 2.12 bits per heavy atom. The zero-order valence-electron chi connectivity index (χ0n) is 13.8. The second-order valence-corrected chi connectivity index (χ2v) is 5.54. The Bertz CT molecular complexity index is 767. The third-order valence-corrected chi connectivity index (χ3v) is 4.08. The first-order valence-corrected chi connectivity index (χ1v) is 7.84. The van der Waals surface area contributed by atoms with Crippen LogP contribution >= 0.6 is 0 Å². The van der Waals surface area contributed by atoms with E-state index in [1.807, 2.05) is 6.07 Å². The Kier molecular flexibility index (Phi) is 4.79. The van der Waals surface area contributed by atoms with E-state index in [0.717, 1.165) is 42.5 Å². The van der Waals surface area contributed by atoms with Crippen molar-refractivity contribution in [2.45, 2.75) is 25.7 Å². The van der Waals surface area contributed by atoms with Crippen molar-refractivity contribution >= 4 is 12.1 Å². The Morgan fingerprint density at radius 1 is 1.29 bits per heavy atom. The number of aromatic amines is 1. The summed E-state index contributed by atoms with van der Waals surface area (Å²) in [6.45, 7) is 0. The Hall–Kier alpha value is -2.83. The molecule has 0 unspecified atom stereocenters. The number of amides is 1. The van der Waals surface area contributed by atoms with Crippen LogP contribution in [-0.2, 0) is 12.8 Å². The maximum Gasteiger partial charge on any atom is 0.292 e. The van der Waals surface area contributed by atoms with Crippen molar-refractivity contribution in [3.8, 4) is 11.5 Å². The van der Waals surface area contributed by atoms with Crippen LogP contribution in [0.5, 0.6) is 11.5 Å². The van der Waals surface area contributed by atoms with Crippen LogP contribution in [0.4, 0.5) is 0 Å². The van der Waals surface area contributed by atoms with Gasteiger partial charge in [-0.25, -0.2) is 5.43 Å². The fourth-order valence-corrected chi connectivity index (χ4v) is 2.81. The van der Waals surface area contributed by atoms with Crippen LogP contribution in [0.1, 0.15) is 40.2 Å². The van der Waals surface area contributed by atoms with Crippen LogP contribution in [0.2, 0.25) is 0 Å². The van der Waals surface area contributed by atoms with Gasteiger partial charge in [0.2, 0.25) is 0 Å². The molecule has 1 amide bonds. The molecule has 2 aromatic rings. The molecule has 24 heavy (non-hydrogen) atoms. The zero-order valence-corrected chi connectivity index (χ0v) is 13.8. The number of hydrazone groups is 1. The average Bonchev–Trinajstić information content (AvgIpc) is 3.06. The summed E-state index contributed by atoms with van der Waals surface area (Å²) in [5.74, 6) is 0.999. The fourth-order valence-electron chi connectivity index (χ4n) is 2.81. The van der Waals surface area contributed by atoms with Gasteiger partial charge in [0, 0.05) is 22.9 Å². The van der Waals surface area contributed by atoms with Gasteiger partial charge in [-0.3, -0.25) is 9.89 Å². The molecule has 0 fully saturated rings. The third-order valence-electron chi connectivity index (χ3n) is 4.08. The molecule has 1 aliphatic rings. The van der Waals surface area contributed by atoms with Gasteiger partial charge in [-0.2, -0.15) is 10.2 Å². The third kappa shape index (κ3) is 3.24. The summed E-state index contributed by atoms with van der Waals surface area (Å²) >= 11 is 0. The minimum Gasteiger partial charge on any atom is -0.497 e. The van der Waals surface area contributed by atoms with Crippen LogP contribution in [0.3, 0.4) is 0 Å². The normalized spacial score (nSPS) is 13.6. The molecule has 1 aliphatic carbocycles. The Balaban J connectivity index is 1.70. The number of aromatic nitrogens is 2. The molecule has 0 radical (unpaired) electrons. The topological polar surface area (TPSA) is 88.6 Å². The molecule has 0 aliphatic heterocycles. The average molecular weight is 328 g/mol. The monoisotopic (exact) mass is 328 g/mol. The highest BCUT2D eigenvalue weighted by Crippen LogP contribution is 2.23. The first-order valence-electron chi connectivity index (χ1n) is 7.84. The number of rotatable bonds is 5. The van der Waals surface area contributed by atoms with E-state index in [4.69, 9.17) is 9.47 Å². The molecular formula is C17H20N4O3. The van der Waals surface area contributed by atoms with Crippen LogP contribution in [0.25, 0.3) is 0 Å². The number of nitrogens with one attached hydrogen (secondary N) is 2. The fraction of sp³-hybridized carbons (Fsp3) is 0.353. The number of nitrogens with zero attached hydrogens (tertiary/aromatic N) is 2. The van der Waals surface area contributed by atoms with E-state index >= 15 is 0 Å². The molecule has 1 aromatic heterocycles. The van der Waals surface area contributed by atoms with E-state index in [9.17, 15) is 4.79 Å². The number of methoxy groups -OCH3 is 2. The van der Waals surface area contributed by atoms with Gasteiger partial charge in [0.05, 0.1) is 20.4 Å². The summed E-state index contributed by atoms with van der Waals surface area (Å²) < 4.78 is 10.4. The van der Waals surface area contributed by atoms with Gasteiger partial charge in [-0.1, -0.05) is 0 Å². The van der Waals surface area contributed by atoms with E-state index < -0.39 is 0 Å². The highest BCUT2D eigenvalue weighted by molar-refractivity contribution is 5.95. The van der Waals surface area contributed by atoms with Crippen molar-refractivity contribution in [2.24, 2.45) is 5.10 Å². The van der Waals surface area contributed by atoms with E-state index in [-0.39, 0.29) is 5.91 Å². The number of aryl methyl sites for hydroxylation is 1. The quantitative estimate of drug-likeness (QED) is 0.649. The predicted molar refractivity (Wildman–Crippen MR) is 89.8 cm³/mol.